The first-order chi connectivity index (χ1) is 8.86. The van der Waals surface area contributed by atoms with Gasteiger partial charge in [-0.1, -0.05) is 13.8 Å². The van der Waals surface area contributed by atoms with Gasteiger partial charge in [-0.2, -0.15) is 0 Å². The molecular formula is C16H29NO2. The van der Waals surface area contributed by atoms with Gasteiger partial charge in [-0.15, -0.1) is 0 Å². The maximum Gasteiger partial charge on any atom is 0.167 e. The second-order valence-corrected chi connectivity index (χ2v) is 8.20. The van der Waals surface area contributed by atoms with E-state index in [0.29, 0.717) is 24.0 Å². The van der Waals surface area contributed by atoms with Crippen molar-refractivity contribution in [2.45, 2.75) is 71.1 Å². The molecule has 0 saturated heterocycles. The van der Waals surface area contributed by atoms with E-state index in [2.05, 4.69) is 19.2 Å². The number of aliphatic hydroxyl groups is 1. The van der Waals surface area contributed by atoms with Crippen molar-refractivity contribution in [2.24, 2.45) is 16.7 Å². The molecule has 3 unspecified atom stereocenters. The monoisotopic (exact) mass is 267 g/mol. The van der Waals surface area contributed by atoms with Gasteiger partial charge >= 0.3 is 0 Å². The van der Waals surface area contributed by atoms with Gasteiger partial charge in [0.2, 0.25) is 0 Å². The molecule has 0 aliphatic heterocycles. The predicted molar refractivity (Wildman–Crippen MR) is 75.8 cm³/mol. The van der Waals surface area contributed by atoms with Crippen LogP contribution in [-0.4, -0.2) is 30.1 Å². The van der Waals surface area contributed by atoms with Crippen LogP contribution in [0.5, 0.6) is 0 Å². The highest BCUT2D eigenvalue weighted by atomic mass is 16.6. The minimum atomic E-state index is -0.654. The summed E-state index contributed by atoms with van der Waals surface area (Å²) in [6.07, 6.45) is 7.44. The number of β-amino-alcohol motifs (C(OH)–C–C–N with tert-alkyl or cyclic N) is 1. The lowest BCUT2D eigenvalue weighted by molar-refractivity contribution is -0.135. The fraction of sp³-hybridized carbons (Fsp3) is 1.00. The molecule has 0 aromatic rings. The van der Waals surface area contributed by atoms with Crippen molar-refractivity contribution in [3.8, 4) is 0 Å². The Bertz CT molecular complexity index is 339. The molecule has 4 fully saturated rings. The van der Waals surface area contributed by atoms with Crippen LogP contribution < -0.4 is 5.32 Å². The Morgan fingerprint density at radius 3 is 2.32 bits per heavy atom. The summed E-state index contributed by atoms with van der Waals surface area (Å²) < 4.78 is 5.25. The van der Waals surface area contributed by atoms with Crippen LogP contribution in [0, 0.1) is 16.7 Å². The van der Waals surface area contributed by atoms with E-state index in [-0.39, 0.29) is 5.54 Å². The molecule has 0 aromatic heterocycles. The fourth-order valence-electron chi connectivity index (χ4n) is 6.20. The van der Waals surface area contributed by atoms with E-state index in [9.17, 15) is 5.11 Å². The van der Waals surface area contributed by atoms with Gasteiger partial charge in [0.1, 0.15) is 0 Å². The number of nitrogens with one attached hydrogen (secondary N) is 1. The second-order valence-electron chi connectivity index (χ2n) is 8.20. The summed E-state index contributed by atoms with van der Waals surface area (Å²) in [7, 11) is 0. The van der Waals surface area contributed by atoms with E-state index in [0.717, 1.165) is 5.92 Å². The summed E-state index contributed by atoms with van der Waals surface area (Å²) in [5.74, 6) is 0.892. The molecule has 3 heteroatoms. The van der Waals surface area contributed by atoms with Crippen LogP contribution in [-0.2, 0) is 4.74 Å². The molecule has 19 heavy (non-hydrogen) atoms. The molecule has 4 rings (SSSR count). The molecule has 4 aliphatic carbocycles. The Balaban J connectivity index is 1.70. The average Bonchev–Trinajstić information content (AvgIpc) is 2.22. The van der Waals surface area contributed by atoms with Gasteiger partial charge in [-0.3, -0.25) is 0 Å². The summed E-state index contributed by atoms with van der Waals surface area (Å²) in [5, 5.41) is 13.5. The first kappa shape index (κ1) is 13.8. The van der Waals surface area contributed by atoms with Crippen LogP contribution in [0.3, 0.4) is 0 Å². The quantitative estimate of drug-likeness (QED) is 0.753. The highest BCUT2D eigenvalue weighted by Crippen LogP contribution is 2.66. The summed E-state index contributed by atoms with van der Waals surface area (Å²) in [5.41, 5.74) is 1.32. The first-order valence-electron chi connectivity index (χ1n) is 7.91. The summed E-state index contributed by atoms with van der Waals surface area (Å²) in [6.45, 7) is 8.03. The van der Waals surface area contributed by atoms with Crippen molar-refractivity contribution in [3.63, 3.8) is 0 Å². The maximum absolute atomic E-state index is 9.79. The molecule has 0 spiro atoms. The van der Waals surface area contributed by atoms with Crippen molar-refractivity contribution in [1.82, 2.24) is 5.32 Å². The van der Waals surface area contributed by atoms with Crippen LogP contribution in [0.15, 0.2) is 0 Å². The summed E-state index contributed by atoms with van der Waals surface area (Å²) in [4.78, 5) is 0. The molecule has 4 aliphatic rings. The zero-order valence-electron chi connectivity index (χ0n) is 12.7. The molecule has 0 amide bonds. The predicted octanol–water partition coefficient (Wildman–Crippen LogP) is 2.68. The highest BCUT2D eigenvalue weighted by Gasteiger charge is 2.59. The topological polar surface area (TPSA) is 41.5 Å². The molecule has 2 N–H and O–H groups in total. The standard InChI is InChI=1S/C16H29NO2/c1-4-19-13(18)8-17-16-7-12-5-14(2,10-16)9-15(3,6-12)11-16/h12-13,17-18H,4-11H2,1-3H3. The van der Waals surface area contributed by atoms with E-state index in [4.69, 9.17) is 4.74 Å². The number of rotatable bonds is 5. The van der Waals surface area contributed by atoms with E-state index in [1.54, 1.807) is 0 Å². The van der Waals surface area contributed by atoms with Crippen LogP contribution in [0.4, 0.5) is 0 Å². The van der Waals surface area contributed by atoms with Crippen molar-refractivity contribution in [1.29, 1.82) is 0 Å². The van der Waals surface area contributed by atoms with Crippen LogP contribution in [0.1, 0.15) is 59.3 Å². The summed E-state index contributed by atoms with van der Waals surface area (Å²) in [6, 6.07) is 0. The highest BCUT2D eigenvalue weighted by molar-refractivity contribution is 5.14. The van der Waals surface area contributed by atoms with Gasteiger partial charge in [0, 0.05) is 18.7 Å². The number of ether oxygens (including phenoxy) is 1. The number of hydrogen-bond acceptors (Lipinski definition) is 3. The van der Waals surface area contributed by atoms with E-state index in [1.807, 2.05) is 6.92 Å². The molecule has 0 heterocycles. The van der Waals surface area contributed by atoms with Gasteiger partial charge in [0.15, 0.2) is 6.29 Å². The number of aliphatic hydroxyl groups excluding tert-OH is 1. The third-order valence-electron chi connectivity index (χ3n) is 5.64. The van der Waals surface area contributed by atoms with E-state index >= 15 is 0 Å². The second kappa shape index (κ2) is 4.44. The largest absolute Gasteiger partial charge is 0.367 e. The zero-order valence-corrected chi connectivity index (χ0v) is 12.7. The smallest absolute Gasteiger partial charge is 0.167 e. The van der Waals surface area contributed by atoms with Crippen molar-refractivity contribution >= 4 is 0 Å². The molecule has 110 valence electrons. The lowest BCUT2D eigenvalue weighted by Gasteiger charge is -2.65. The molecule has 0 aromatic carbocycles. The molecular weight excluding hydrogens is 238 g/mol. The summed E-state index contributed by atoms with van der Waals surface area (Å²) >= 11 is 0. The zero-order chi connectivity index (χ0) is 13.7. The van der Waals surface area contributed by atoms with Gasteiger partial charge in [-0.05, 0) is 62.2 Å². The molecule has 4 saturated carbocycles. The Morgan fingerprint density at radius 2 is 1.79 bits per heavy atom. The van der Waals surface area contributed by atoms with Gasteiger partial charge in [-0.25, -0.2) is 0 Å². The lowest BCUT2D eigenvalue weighted by Crippen LogP contribution is -2.64. The molecule has 0 radical (unpaired) electrons. The average molecular weight is 267 g/mol. The van der Waals surface area contributed by atoms with E-state index in [1.165, 1.54) is 38.5 Å². The molecule has 4 bridgehead atoms. The minimum absolute atomic E-state index is 0.265. The lowest BCUT2D eigenvalue weighted by atomic mass is 9.43. The maximum atomic E-state index is 9.79. The van der Waals surface area contributed by atoms with Crippen molar-refractivity contribution in [3.05, 3.63) is 0 Å². The molecule has 3 nitrogen and oxygen atoms in total. The Morgan fingerprint density at radius 1 is 1.16 bits per heavy atom. The van der Waals surface area contributed by atoms with Crippen molar-refractivity contribution < 1.29 is 9.84 Å². The van der Waals surface area contributed by atoms with Crippen LogP contribution >= 0.6 is 0 Å². The molecule has 3 atom stereocenters. The van der Waals surface area contributed by atoms with Crippen LogP contribution in [0.2, 0.25) is 0 Å². The van der Waals surface area contributed by atoms with Gasteiger partial charge in [0.25, 0.3) is 0 Å². The van der Waals surface area contributed by atoms with Crippen molar-refractivity contribution in [2.75, 3.05) is 13.2 Å². The SMILES string of the molecule is CCOC(O)CNC12CC3CC(C)(CC(C)(C3)C1)C2. The Hall–Kier alpha value is -0.120. The van der Waals surface area contributed by atoms with Gasteiger partial charge in [0.05, 0.1) is 0 Å². The third-order valence-corrected chi connectivity index (χ3v) is 5.64. The van der Waals surface area contributed by atoms with Gasteiger partial charge < -0.3 is 15.2 Å². The van der Waals surface area contributed by atoms with E-state index < -0.39 is 6.29 Å². The fourth-order valence-corrected chi connectivity index (χ4v) is 6.20. The normalized spacial score (nSPS) is 49.6. The Kier molecular flexibility index (Phi) is 3.23. The Labute approximate surface area is 117 Å². The first-order valence-corrected chi connectivity index (χ1v) is 7.91. The minimum Gasteiger partial charge on any atom is -0.367 e. The number of hydrogen-bond donors (Lipinski definition) is 2. The third kappa shape index (κ3) is 2.57. The van der Waals surface area contributed by atoms with Crippen LogP contribution in [0.25, 0.3) is 0 Å².